The molecular formula is C15H16N2O3. The first-order valence-electron chi connectivity index (χ1n) is 6.61. The topological polar surface area (TPSA) is 64.4 Å². The van der Waals surface area contributed by atoms with E-state index in [9.17, 15) is 4.79 Å². The predicted molar refractivity (Wildman–Crippen MR) is 73.3 cm³/mol. The van der Waals surface area contributed by atoms with Gasteiger partial charge in [-0.15, -0.1) is 0 Å². The Hall–Kier alpha value is -2.30. The molecule has 0 atom stereocenters. The fourth-order valence-corrected chi connectivity index (χ4v) is 2.31. The van der Waals surface area contributed by atoms with Gasteiger partial charge in [0.2, 0.25) is 0 Å². The molecule has 5 heteroatoms. The highest BCUT2D eigenvalue weighted by Gasteiger charge is 2.29. The Kier molecular flexibility index (Phi) is 3.18. The molecule has 2 aromatic rings. The van der Waals surface area contributed by atoms with Gasteiger partial charge < -0.3 is 9.84 Å². The highest BCUT2D eigenvalue weighted by atomic mass is 16.5. The van der Waals surface area contributed by atoms with Crippen molar-refractivity contribution in [2.75, 3.05) is 7.11 Å². The first-order valence-corrected chi connectivity index (χ1v) is 6.61. The van der Waals surface area contributed by atoms with Crippen LogP contribution in [0.5, 0.6) is 5.75 Å². The SMILES string of the molecule is COc1cccc(Cn2nc(C(=O)O)cc2C2CC2)c1. The minimum atomic E-state index is -0.976. The Bertz CT molecular complexity index is 644. The number of carbonyl (C=O) groups is 1. The average molecular weight is 272 g/mol. The summed E-state index contributed by atoms with van der Waals surface area (Å²) in [5, 5.41) is 13.3. The molecule has 5 nitrogen and oxygen atoms in total. The zero-order valence-electron chi connectivity index (χ0n) is 11.2. The van der Waals surface area contributed by atoms with Crippen molar-refractivity contribution in [3.05, 3.63) is 47.3 Å². The van der Waals surface area contributed by atoms with E-state index in [-0.39, 0.29) is 5.69 Å². The fourth-order valence-electron chi connectivity index (χ4n) is 2.31. The van der Waals surface area contributed by atoms with E-state index >= 15 is 0 Å². The number of methoxy groups -OCH3 is 1. The minimum Gasteiger partial charge on any atom is -0.497 e. The lowest BCUT2D eigenvalue weighted by Crippen LogP contribution is -2.07. The summed E-state index contributed by atoms with van der Waals surface area (Å²) >= 11 is 0. The zero-order chi connectivity index (χ0) is 14.1. The molecule has 3 rings (SSSR count). The minimum absolute atomic E-state index is 0.120. The van der Waals surface area contributed by atoms with Crippen LogP contribution in [0, 0.1) is 0 Å². The third-order valence-electron chi connectivity index (χ3n) is 3.49. The number of rotatable bonds is 5. The van der Waals surface area contributed by atoms with Gasteiger partial charge in [-0.1, -0.05) is 12.1 Å². The molecule has 1 aromatic heterocycles. The van der Waals surface area contributed by atoms with Crippen LogP contribution in [0.25, 0.3) is 0 Å². The Morgan fingerprint density at radius 3 is 2.90 bits per heavy atom. The van der Waals surface area contributed by atoms with Crippen LogP contribution in [-0.4, -0.2) is 28.0 Å². The van der Waals surface area contributed by atoms with E-state index in [4.69, 9.17) is 9.84 Å². The van der Waals surface area contributed by atoms with Crippen LogP contribution < -0.4 is 4.74 Å². The van der Waals surface area contributed by atoms with Crippen LogP contribution in [-0.2, 0) is 6.54 Å². The number of nitrogens with zero attached hydrogens (tertiary/aromatic N) is 2. The standard InChI is InChI=1S/C15H16N2O3/c1-20-12-4-2-3-10(7-12)9-17-14(11-5-6-11)8-13(16-17)15(18)19/h2-4,7-8,11H,5-6,9H2,1H3,(H,18,19). The van der Waals surface area contributed by atoms with Gasteiger partial charge in [0.15, 0.2) is 5.69 Å². The molecule has 20 heavy (non-hydrogen) atoms. The molecular weight excluding hydrogens is 256 g/mol. The summed E-state index contributed by atoms with van der Waals surface area (Å²) in [5.41, 5.74) is 2.19. The van der Waals surface area contributed by atoms with E-state index in [1.165, 1.54) is 0 Å². The second-order valence-electron chi connectivity index (χ2n) is 5.04. The van der Waals surface area contributed by atoms with Crippen molar-refractivity contribution in [2.45, 2.75) is 25.3 Å². The maximum Gasteiger partial charge on any atom is 0.356 e. The number of aromatic carboxylic acids is 1. The lowest BCUT2D eigenvalue weighted by Gasteiger charge is -2.08. The Labute approximate surface area is 116 Å². The first-order chi connectivity index (χ1) is 9.67. The van der Waals surface area contributed by atoms with Crippen molar-refractivity contribution in [1.29, 1.82) is 0 Å². The third kappa shape index (κ3) is 2.52. The molecule has 0 spiro atoms. The van der Waals surface area contributed by atoms with Gasteiger partial charge in [-0.25, -0.2) is 4.79 Å². The summed E-state index contributed by atoms with van der Waals surface area (Å²) in [6.45, 7) is 0.566. The predicted octanol–water partition coefficient (Wildman–Crippen LogP) is 2.52. The summed E-state index contributed by atoms with van der Waals surface area (Å²) in [6, 6.07) is 9.43. The van der Waals surface area contributed by atoms with Crippen molar-refractivity contribution in [3.63, 3.8) is 0 Å². The summed E-state index contributed by atoms with van der Waals surface area (Å²) in [7, 11) is 1.63. The third-order valence-corrected chi connectivity index (χ3v) is 3.49. The Morgan fingerprint density at radius 1 is 1.45 bits per heavy atom. The van der Waals surface area contributed by atoms with E-state index in [1.807, 2.05) is 24.3 Å². The van der Waals surface area contributed by atoms with E-state index in [0.29, 0.717) is 12.5 Å². The van der Waals surface area contributed by atoms with Crippen LogP contribution >= 0.6 is 0 Å². The van der Waals surface area contributed by atoms with E-state index in [0.717, 1.165) is 29.8 Å². The number of aromatic nitrogens is 2. The lowest BCUT2D eigenvalue weighted by molar-refractivity contribution is 0.0689. The molecule has 1 heterocycles. The molecule has 0 radical (unpaired) electrons. The average Bonchev–Trinajstić information content (AvgIpc) is 3.20. The van der Waals surface area contributed by atoms with Crippen LogP contribution in [0.2, 0.25) is 0 Å². The Balaban J connectivity index is 1.90. The number of benzene rings is 1. The normalized spacial score (nSPS) is 14.2. The quantitative estimate of drug-likeness (QED) is 0.908. The first kappa shape index (κ1) is 12.7. The molecule has 1 saturated carbocycles. The van der Waals surface area contributed by atoms with Crippen LogP contribution in [0.15, 0.2) is 30.3 Å². The number of carboxylic acids is 1. The van der Waals surface area contributed by atoms with Crippen molar-refractivity contribution >= 4 is 5.97 Å². The van der Waals surface area contributed by atoms with Gasteiger partial charge in [-0.05, 0) is 36.6 Å². The van der Waals surface area contributed by atoms with Gasteiger partial charge in [-0.2, -0.15) is 5.10 Å². The fraction of sp³-hybridized carbons (Fsp3) is 0.333. The summed E-state index contributed by atoms with van der Waals surface area (Å²) in [6.07, 6.45) is 2.23. The molecule has 0 saturated heterocycles. The van der Waals surface area contributed by atoms with Gasteiger partial charge in [0.25, 0.3) is 0 Å². The maximum absolute atomic E-state index is 11.1. The second kappa shape index (κ2) is 5.00. The van der Waals surface area contributed by atoms with Crippen LogP contribution in [0.4, 0.5) is 0 Å². The van der Waals surface area contributed by atoms with E-state index < -0.39 is 5.97 Å². The molecule has 1 aromatic carbocycles. The van der Waals surface area contributed by atoms with Gasteiger partial charge in [0.05, 0.1) is 13.7 Å². The van der Waals surface area contributed by atoms with Crippen molar-refractivity contribution < 1.29 is 14.6 Å². The van der Waals surface area contributed by atoms with Crippen LogP contribution in [0.3, 0.4) is 0 Å². The smallest absolute Gasteiger partial charge is 0.356 e. The Morgan fingerprint density at radius 2 is 2.25 bits per heavy atom. The maximum atomic E-state index is 11.1. The molecule has 1 aliphatic carbocycles. The van der Waals surface area contributed by atoms with Crippen LogP contribution in [0.1, 0.15) is 40.5 Å². The van der Waals surface area contributed by atoms with Gasteiger partial charge in [0.1, 0.15) is 5.75 Å². The largest absolute Gasteiger partial charge is 0.497 e. The number of ether oxygens (including phenoxy) is 1. The van der Waals surface area contributed by atoms with Crippen molar-refractivity contribution in [1.82, 2.24) is 9.78 Å². The van der Waals surface area contributed by atoms with Crippen molar-refractivity contribution in [2.24, 2.45) is 0 Å². The molecule has 104 valence electrons. The van der Waals surface area contributed by atoms with E-state index in [1.54, 1.807) is 17.9 Å². The lowest BCUT2D eigenvalue weighted by atomic mass is 10.2. The molecule has 0 bridgehead atoms. The molecule has 1 fully saturated rings. The summed E-state index contributed by atoms with van der Waals surface area (Å²) in [5.74, 6) is 0.276. The molecule has 1 N–H and O–H groups in total. The monoisotopic (exact) mass is 272 g/mol. The highest BCUT2D eigenvalue weighted by Crippen LogP contribution is 2.40. The molecule has 0 aliphatic heterocycles. The van der Waals surface area contributed by atoms with E-state index in [2.05, 4.69) is 5.10 Å². The van der Waals surface area contributed by atoms with Gasteiger partial charge in [0, 0.05) is 11.6 Å². The highest BCUT2D eigenvalue weighted by molar-refractivity contribution is 5.85. The molecule has 1 aliphatic rings. The molecule has 0 amide bonds. The van der Waals surface area contributed by atoms with Crippen molar-refractivity contribution in [3.8, 4) is 5.75 Å². The number of carboxylic acid groups (broad SMARTS) is 1. The van der Waals surface area contributed by atoms with Gasteiger partial charge >= 0.3 is 5.97 Å². The summed E-state index contributed by atoms with van der Waals surface area (Å²) in [4.78, 5) is 11.1. The number of hydrogen-bond acceptors (Lipinski definition) is 3. The number of hydrogen-bond donors (Lipinski definition) is 1. The zero-order valence-corrected chi connectivity index (χ0v) is 11.2. The second-order valence-corrected chi connectivity index (χ2v) is 5.04. The summed E-state index contributed by atoms with van der Waals surface area (Å²) < 4.78 is 7.00. The van der Waals surface area contributed by atoms with Gasteiger partial charge in [-0.3, -0.25) is 4.68 Å². The molecule has 0 unspecified atom stereocenters.